The molecule has 0 fully saturated rings. The Balaban J connectivity index is 1.34. The highest BCUT2D eigenvalue weighted by atomic mass is 16.2. The first-order valence-corrected chi connectivity index (χ1v) is 14.5. The summed E-state index contributed by atoms with van der Waals surface area (Å²) >= 11 is 0. The van der Waals surface area contributed by atoms with Crippen LogP contribution in [0, 0.1) is 0 Å². The molecule has 3 N–H and O–H groups in total. The van der Waals surface area contributed by atoms with Crippen molar-refractivity contribution in [3.8, 4) is 0 Å². The first-order valence-electron chi connectivity index (χ1n) is 14.5. The highest BCUT2D eigenvalue weighted by Gasteiger charge is 2.20. The number of aromatic amines is 1. The molecule has 1 aromatic heterocycles. The van der Waals surface area contributed by atoms with Crippen molar-refractivity contribution in [1.29, 1.82) is 0 Å². The van der Waals surface area contributed by atoms with E-state index < -0.39 is 0 Å². The first kappa shape index (κ1) is 28.7. The van der Waals surface area contributed by atoms with Gasteiger partial charge in [0.05, 0.1) is 12.6 Å². The highest BCUT2D eigenvalue weighted by Crippen LogP contribution is 2.29. The van der Waals surface area contributed by atoms with Gasteiger partial charge in [-0.1, -0.05) is 73.6 Å². The largest absolute Gasteiger partial charge is 0.331 e. The SMILES string of the molecule is CC(C)c1ccc(C(C)NC(=O)N(Cc2ccc(C(=O)Nc3nn[nH]n3)cc2)c2ccc(C3=CCCCC3)cc2)cc1. The molecule has 3 aromatic carbocycles. The fraction of sp³-hybridized carbons (Fsp3) is 0.303. The zero-order valence-corrected chi connectivity index (χ0v) is 24.3. The predicted molar refractivity (Wildman–Crippen MR) is 165 cm³/mol. The van der Waals surface area contributed by atoms with E-state index in [1.54, 1.807) is 17.0 Å². The summed E-state index contributed by atoms with van der Waals surface area (Å²) in [6.45, 7) is 6.66. The van der Waals surface area contributed by atoms with Crippen LogP contribution in [0.15, 0.2) is 78.9 Å². The van der Waals surface area contributed by atoms with E-state index in [2.05, 4.69) is 87.6 Å². The van der Waals surface area contributed by atoms with E-state index in [0.29, 0.717) is 18.0 Å². The van der Waals surface area contributed by atoms with Gasteiger partial charge >= 0.3 is 6.03 Å². The third-order valence-electron chi connectivity index (χ3n) is 7.66. The minimum Gasteiger partial charge on any atom is -0.331 e. The Morgan fingerprint density at radius 3 is 2.24 bits per heavy atom. The van der Waals surface area contributed by atoms with E-state index >= 15 is 0 Å². The lowest BCUT2D eigenvalue weighted by Gasteiger charge is -2.26. The number of hydrogen-bond donors (Lipinski definition) is 3. The summed E-state index contributed by atoms with van der Waals surface area (Å²) in [7, 11) is 0. The monoisotopic (exact) mass is 563 g/mol. The maximum absolute atomic E-state index is 13.8. The number of nitrogens with one attached hydrogen (secondary N) is 3. The maximum Gasteiger partial charge on any atom is 0.322 e. The van der Waals surface area contributed by atoms with Crippen LogP contribution >= 0.6 is 0 Å². The van der Waals surface area contributed by atoms with Crippen LogP contribution in [0.2, 0.25) is 0 Å². The summed E-state index contributed by atoms with van der Waals surface area (Å²) in [5.74, 6) is 0.207. The van der Waals surface area contributed by atoms with Crippen molar-refractivity contribution >= 4 is 29.1 Å². The molecule has 0 radical (unpaired) electrons. The molecule has 4 aromatic rings. The summed E-state index contributed by atoms with van der Waals surface area (Å²) in [5.41, 5.74) is 7.02. The molecule has 216 valence electrons. The van der Waals surface area contributed by atoms with Gasteiger partial charge < -0.3 is 5.32 Å². The van der Waals surface area contributed by atoms with Crippen LogP contribution in [0.4, 0.5) is 16.4 Å². The number of H-pyrrole nitrogens is 1. The number of urea groups is 1. The predicted octanol–water partition coefficient (Wildman–Crippen LogP) is 7.01. The Bertz CT molecular complexity index is 1510. The number of benzene rings is 3. The lowest BCUT2D eigenvalue weighted by atomic mass is 9.93. The molecule has 42 heavy (non-hydrogen) atoms. The summed E-state index contributed by atoms with van der Waals surface area (Å²) < 4.78 is 0. The molecule has 9 nitrogen and oxygen atoms in total. The molecule has 0 saturated carbocycles. The van der Waals surface area contributed by atoms with E-state index in [1.165, 1.54) is 29.5 Å². The Hall–Kier alpha value is -4.79. The van der Waals surface area contributed by atoms with Crippen LogP contribution in [-0.2, 0) is 6.54 Å². The number of tetrazole rings is 1. The van der Waals surface area contributed by atoms with Crippen LogP contribution in [-0.4, -0.2) is 32.6 Å². The highest BCUT2D eigenvalue weighted by molar-refractivity contribution is 6.03. The van der Waals surface area contributed by atoms with Crippen LogP contribution in [0.1, 0.15) is 91.0 Å². The number of anilines is 2. The van der Waals surface area contributed by atoms with Crippen LogP contribution in [0.25, 0.3) is 5.57 Å². The number of allylic oxidation sites excluding steroid dienone is 2. The van der Waals surface area contributed by atoms with Crippen molar-refractivity contribution in [2.75, 3.05) is 10.2 Å². The zero-order valence-electron chi connectivity index (χ0n) is 24.3. The number of rotatable bonds is 9. The minimum atomic E-state index is -0.345. The number of nitrogens with zero attached hydrogens (tertiary/aromatic N) is 4. The summed E-state index contributed by atoms with van der Waals surface area (Å²) in [4.78, 5) is 28.0. The van der Waals surface area contributed by atoms with Crippen molar-refractivity contribution in [3.05, 3.63) is 107 Å². The second kappa shape index (κ2) is 13.2. The van der Waals surface area contributed by atoms with Gasteiger partial charge in [0.25, 0.3) is 11.9 Å². The van der Waals surface area contributed by atoms with Gasteiger partial charge in [-0.2, -0.15) is 5.21 Å². The fourth-order valence-corrected chi connectivity index (χ4v) is 5.08. The maximum atomic E-state index is 13.8. The van der Waals surface area contributed by atoms with Gasteiger partial charge in [0.2, 0.25) is 0 Å². The number of amides is 3. The van der Waals surface area contributed by atoms with E-state index in [4.69, 9.17) is 0 Å². The molecule has 1 aliphatic rings. The first-order chi connectivity index (χ1) is 20.4. The summed E-state index contributed by atoms with van der Waals surface area (Å²) in [6.07, 6.45) is 6.98. The van der Waals surface area contributed by atoms with E-state index in [-0.39, 0.29) is 23.9 Å². The molecule has 0 spiro atoms. The van der Waals surface area contributed by atoms with Crippen LogP contribution < -0.4 is 15.5 Å². The quantitative estimate of drug-likeness (QED) is 0.203. The molecule has 0 aliphatic heterocycles. The second-order valence-corrected chi connectivity index (χ2v) is 11.0. The molecule has 3 amide bonds. The van der Waals surface area contributed by atoms with Gasteiger partial charge in [0.1, 0.15) is 0 Å². The van der Waals surface area contributed by atoms with E-state index in [1.807, 2.05) is 31.2 Å². The van der Waals surface area contributed by atoms with Crippen molar-refractivity contribution in [1.82, 2.24) is 25.9 Å². The molecule has 9 heteroatoms. The molecule has 0 saturated heterocycles. The van der Waals surface area contributed by atoms with Gasteiger partial charge in [0.15, 0.2) is 0 Å². The molecule has 1 unspecified atom stereocenters. The van der Waals surface area contributed by atoms with E-state index in [0.717, 1.165) is 29.7 Å². The van der Waals surface area contributed by atoms with Crippen molar-refractivity contribution in [2.24, 2.45) is 0 Å². The number of carbonyl (C=O) groups excluding carboxylic acids is 2. The van der Waals surface area contributed by atoms with Crippen molar-refractivity contribution in [2.45, 2.75) is 65.0 Å². The third-order valence-corrected chi connectivity index (χ3v) is 7.66. The molecule has 5 rings (SSSR count). The number of aromatic nitrogens is 4. The smallest absolute Gasteiger partial charge is 0.322 e. The van der Waals surface area contributed by atoms with Gasteiger partial charge in [-0.05, 0) is 95.8 Å². The number of carbonyl (C=O) groups is 2. The average molecular weight is 564 g/mol. The Morgan fingerprint density at radius 2 is 1.62 bits per heavy atom. The Morgan fingerprint density at radius 1 is 0.905 bits per heavy atom. The topological polar surface area (TPSA) is 116 Å². The van der Waals surface area contributed by atoms with Gasteiger partial charge in [-0.3, -0.25) is 15.0 Å². The third kappa shape index (κ3) is 7.09. The fourth-order valence-electron chi connectivity index (χ4n) is 5.08. The van der Waals surface area contributed by atoms with Crippen molar-refractivity contribution in [3.63, 3.8) is 0 Å². The lowest BCUT2D eigenvalue weighted by molar-refractivity contribution is 0.102. The minimum absolute atomic E-state index is 0.104. The molecular formula is C33H37N7O2. The lowest BCUT2D eigenvalue weighted by Crippen LogP contribution is -2.40. The molecule has 1 heterocycles. The van der Waals surface area contributed by atoms with Gasteiger partial charge in [-0.15, -0.1) is 5.10 Å². The van der Waals surface area contributed by atoms with Gasteiger partial charge in [-0.25, -0.2) is 4.79 Å². The molecule has 1 atom stereocenters. The molecule has 0 bridgehead atoms. The Labute approximate surface area is 246 Å². The zero-order chi connectivity index (χ0) is 29.5. The van der Waals surface area contributed by atoms with Crippen molar-refractivity contribution < 1.29 is 9.59 Å². The second-order valence-electron chi connectivity index (χ2n) is 11.0. The average Bonchev–Trinajstić information content (AvgIpc) is 3.53. The van der Waals surface area contributed by atoms with Gasteiger partial charge in [0, 0.05) is 11.3 Å². The van der Waals surface area contributed by atoms with E-state index in [9.17, 15) is 9.59 Å². The molecule has 1 aliphatic carbocycles. The molecular weight excluding hydrogens is 526 g/mol. The standard InChI is InChI=1S/C33H37N7O2/c1-22(2)25-13-15-26(16-14-25)23(3)34-33(42)40(30-19-17-28(18-20-30)27-7-5-4-6-8-27)21-24-9-11-29(12-10-24)31(41)35-32-36-38-39-37-32/h7,9-20,22-23H,4-6,8,21H2,1-3H3,(H,34,42)(H2,35,36,37,38,39,41). The normalized spacial score (nSPS) is 13.8. The summed E-state index contributed by atoms with van der Waals surface area (Å²) in [6, 6.07) is 23.4. The van der Waals surface area contributed by atoms with Crippen LogP contribution in [0.5, 0.6) is 0 Å². The Kier molecular flexibility index (Phi) is 9.06. The number of hydrogen-bond acceptors (Lipinski definition) is 5. The summed E-state index contributed by atoms with van der Waals surface area (Å²) in [5, 5.41) is 19.0. The van der Waals surface area contributed by atoms with Crippen LogP contribution in [0.3, 0.4) is 0 Å².